The van der Waals surface area contributed by atoms with Crippen LogP contribution in [0.1, 0.15) is 18.9 Å². The third-order valence-corrected chi connectivity index (χ3v) is 2.03. The highest BCUT2D eigenvalue weighted by Gasteiger charge is 1.97. The third-order valence-electron chi connectivity index (χ3n) is 1.83. The first-order valence-electron chi connectivity index (χ1n) is 4.88. The number of nitrogens with zero attached hydrogens (tertiary/aromatic N) is 1. The first-order valence-corrected chi connectivity index (χ1v) is 5.29. The predicted molar refractivity (Wildman–Crippen MR) is 69.3 cm³/mol. The first-order chi connectivity index (χ1) is 7.24. The Hall–Kier alpha value is -1.42. The van der Waals surface area contributed by atoms with Gasteiger partial charge >= 0.3 is 0 Å². The third kappa shape index (κ3) is 4.08. The molecular weight excluding hydrogens is 206 g/mol. The van der Waals surface area contributed by atoms with Crippen LogP contribution >= 0.6 is 12.2 Å². The lowest BCUT2D eigenvalue weighted by Crippen LogP contribution is -2.24. The zero-order chi connectivity index (χ0) is 11.1. The van der Waals surface area contributed by atoms with E-state index in [1.54, 1.807) is 6.21 Å². The average Bonchev–Trinajstić information content (AvgIpc) is 2.22. The first kappa shape index (κ1) is 11.7. The average molecular weight is 221 g/mol. The highest BCUT2D eigenvalue weighted by molar-refractivity contribution is 7.80. The Morgan fingerprint density at radius 2 is 2.20 bits per heavy atom. The van der Waals surface area contributed by atoms with Gasteiger partial charge < -0.3 is 5.32 Å². The predicted octanol–water partition coefficient (Wildman–Crippen LogP) is 2.68. The van der Waals surface area contributed by atoms with Gasteiger partial charge in [0.15, 0.2) is 5.11 Å². The number of hydrazone groups is 1. The standard InChI is InChI=1S/C11H15N3S/c1-3-8-12-14-11(15)13-10-7-5-4-6-9(10)2/h4-8H,3H2,1-2H3,(H2,13,14,15)/b12-8+. The summed E-state index contributed by atoms with van der Waals surface area (Å²) in [7, 11) is 0. The summed E-state index contributed by atoms with van der Waals surface area (Å²) >= 11 is 5.07. The molecule has 0 aliphatic rings. The molecule has 4 heteroatoms. The van der Waals surface area contributed by atoms with Gasteiger partial charge in [0.05, 0.1) is 0 Å². The second kappa shape index (κ2) is 6.14. The lowest BCUT2D eigenvalue weighted by molar-refractivity contribution is 1.04. The highest BCUT2D eigenvalue weighted by atomic mass is 32.1. The van der Waals surface area contributed by atoms with E-state index in [9.17, 15) is 0 Å². The van der Waals surface area contributed by atoms with E-state index in [4.69, 9.17) is 12.2 Å². The zero-order valence-corrected chi connectivity index (χ0v) is 9.77. The smallest absolute Gasteiger partial charge is 0.191 e. The number of para-hydroxylation sites is 1. The maximum atomic E-state index is 5.07. The molecule has 0 unspecified atom stereocenters. The Balaban J connectivity index is 2.52. The molecule has 0 fully saturated rings. The number of benzene rings is 1. The fourth-order valence-corrected chi connectivity index (χ4v) is 1.22. The molecule has 0 aliphatic heterocycles. The summed E-state index contributed by atoms with van der Waals surface area (Å²) in [4.78, 5) is 0. The quantitative estimate of drug-likeness (QED) is 0.468. The van der Waals surface area contributed by atoms with Gasteiger partial charge in [0.2, 0.25) is 0 Å². The van der Waals surface area contributed by atoms with Crippen LogP contribution in [0.2, 0.25) is 0 Å². The van der Waals surface area contributed by atoms with Gasteiger partial charge in [-0.05, 0) is 37.2 Å². The Morgan fingerprint density at radius 1 is 1.47 bits per heavy atom. The molecule has 0 spiro atoms. The van der Waals surface area contributed by atoms with Crippen molar-refractivity contribution in [1.29, 1.82) is 0 Å². The van der Waals surface area contributed by atoms with Gasteiger partial charge in [-0.15, -0.1) is 0 Å². The number of aryl methyl sites for hydroxylation is 1. The van der Waals surface area contributed by atoms with Crippen molar-refractivity contribution in [2.45, 2.75) is 20.3 Å². The molecule has 0 aliphatic carbocycles. The summed E-state index contributed by atoms with van der Waals surface area (Å²) in [5.41, 5.74) is 4.90. The van der Waals surface area contributed by atoms with Crippen molar-refractivity contribution in [3.63, 3.8) is 0 Å². The molecule has 0 bridgehead atoms. The molecule has 0 saturated heterocycles. The van der Waals surface area contributed by atoms with Gasteiger partial charge in [-0.2, -0.15) is 5.10 Å². The van der Waals surface area contributed by atoms with Crippen LogP contribution in [-0.4, -0.2) is 11.3 Å². The molecular formula is C11H15N3S. The fraction of sp³-hybridized carbons (Fsp3) is 0.273. The molecule has 0 heterocycles. The van der Waals surface area contributed by atoms with E-state index in [0.29, 0.717) is 5.11 Å². The zero-order valence-electron chi connectivity index (χ0n) is 8.95. The lowest BCUT2D eigenvalue weighted by Gasteiger charge is -2.08. The minimum Gasteiger partial charge on any atom is -0.331 e. The van der Waals surface area contributed by atoms with Crippen molar-refractivity contribution in [2.24, 2.45) is 5.10 Å². The molecule has 80 valence electrons. The summed E-state index contributed by atoms with van der Waals surface area (Å²) in [6, 6.07) is 7.96. The second-order valence-corrected chi connectivity index (χ2v) is 3.51. The number of thiocarbonyl (C=S) groups is 1. The number of hydrogen-bond acceptors (Lipinski definition) is 2. The molecule has 0 saturated carbocycles. The van der Waals surface area contributed by atoms with Crippen LogP contribution < -0.4 is 10.7 Å². The molecule has 0 radical (unpaired) electrons. The summed E-state index contributed by atoms with van der Waals surface area (Å²) in [5, 5.41) is 7.52. The SMILES string of the molecule is CC/C=N/NC(=S)Nc1ccccc1C. The van der Waals surface area contributed by atoms with Gasteiger partial charge in [0, 0.05) is 11.9 Å². The Kier molecular flexibility index (Phi) is 4.77. The number of rotatable bonds is 3. The van der Waals surface area contributed by atoms with E-state index in [2.05, 4.69) is 15.8 Å². The van der Waals surface area contributed by atoms with Crippen LogP contribution in [-0.2, 0) is 0 Å². The van der Waals surface area contributed by atoms with Crippen molar-refractivity contribution < 1.29 is 0 Å². The minimum absolute atomic E-state index is 0.508. The molecule has 0 atom stereocenters. The summed E-state index contributed by atoms with van der Waals surface area (Å²) in [6.45, 7) is 4.04. The molecule has 1 aromatic carbocycles. The molecule has 0 aromatic heterocycles. The topological polar surface area (TPSA) is 36.4 Å². The largest absolute Gasteiger partial charge is 0.331 e. The van der Waals surface area contributed by atoms with E-state index < -0.39 is 0 Å². The van der Waals surface area contributed by atoms with Crippen LogP contribution in [0.15, 0.2) is 29.4 Å². The highest BCUT2D eigenvalue weighted by Crippen LogP contribution is 2.12. The van der Waals surface area contributed by atoms with Gasteiger partial charge in [-0.25, -0.2) is 0 Å². The second-order valence-electron chi connectivity index (χ2n) is 3.10. The van der Waals surface area contributed by atoms with E-state index in [-0.39, 0.29) is 0 Å². The molecule has 15 heavy (non-hydrogen) atoms. The van der Waals surface area contributed by atoms with E-state index in [1.807, 2.05) is 38.1 Å². The van der Waals surface area contributed by atoms with Gasteiger partial charge in [0.1, 0.15) is 0 Å². The van der Waals surface area contributed by atoms with Crippen molar-refractivity contribution in [2.75, 3.05) is 5.32 Å². The van der Waals surface area contributed by atoms with Gasteiger partial charge in [-0.1, -0.05) is 25.1 Å². The van der Waals surface area contributed by atoms with Crippen LogP contribution in [0.25, 0.3) is 0 Å². The lowest BCUT2D eigenvalue weighted by atomic mass is 10.2. The maximum Gasteiger partial charge on any atom is 0.191 e. The minimum atomic E-state index is 0.508. The van der Waals surface area contributed by atoms with Gasteiger partial charge in [0.25, 0.3) is 0 Å². The summed E-state index contributed by atoms with van der Waals surface area (Å²) in [6.07, 6.45) is 2.66. The van der Waals surface area contributed by atoms with Crippen molar-refractivity contribution >= 4 is 29.2 Å². The van der Waals surface area contributed by atoms with E-state index in [1.165, 1.54) is 0 Å². The van der Waals surface area contributed by atoms with Crippen LogP contribution in [0.3, 0.4) is 0 Å². The summed E-state index contributed by atoms with van der Waals surface area (Å²) < 4.78 is 0. The van der Waals surface area contributed by atoms with Crippen LogP contribution in [0, 0.1) is 6.92 Å². The van der Waals surface area contributed by atoms with Crippen molar-refractivity contribution in [3.8, 4) is 0 Å². The Labute approximate surface area is 95.6 Å². The molecule has 3 nitrogen and oxygen atoms in total. The Morgan fingerprint density at radius 3 is 2.87 bits per heavy atom. The molecule has 1 aromatic rings. The van der Waals surface area contributed by atoms with E-state index >= 15 is 0 Å². The maximum absolute atomic E-state index is 5.07. The van der Waals surface area contributed by atoms with Gasteiger partial charge in [-0.3, -0.25) is 5.43 Å². The monoisotopic (exact) mass is 221 g/mol. The molecule has 0 amide bonds. The van der Waals surface area contributed by atoms with Crippen molar-refractivity contribution in [3.05, 3.63) is 29.8 Å². The molecule has 2 N–H and O–H groups in total. The summed E-state index contributed by atoms with van der Waals surface area (Å²) in [5.74, 6) is 0. The van der Waals surface area contributed by atoms with E-state index in [0.717, 1.165) is 17.7 Å². The van der Waals surface area contributed by atoms with Crippen LogP contribution in [0.5, 0.6) is 0 Å². The number of hydrogen-bond donors (Lipinski definition) is 2. The fourth-order valence-electron chi connectivity index (χ4n) is 1.06. The van der Waals surface area contributed by atoms with Crippen LogP contribution in [0.4, 0.5) is 5.69 Å². The molecule has 1 rings (SSSR count). The van der Waals surface area contributed by atoms with Crippen molar-refractivity contribution in [1.82, 2.24) is 5.43 Å². The Bertz CT molecular complexity index is 361. The number of nitrogens with one attached hydrogen (secondary N) is 2. The number of anilines is 1. The normalized spacial score (nSPS) is 10.3.